The van der Waals surface area contributed by atoms with E-state index in [9.17, 15) is 13.2 Å². The van der Waals surface area contributed by atoms with Crippen molar-refractivity contribution in [1.29, 1.82) is 0 Å². The van der Waals surface area contributed by atoms with Crippen LogP contribution in [0, 0.1) is 5.41 Å². The molecule has 0 radical (unpaired) electrons. The molecule has 92 valence electrons. The third-order valence-electron chi connectivity index (χ3n) is 2.96. The first kappa shape index (κ1) is 14.7. The zero-order valence-electron chi connectivity index (χ0n) is 10.0. The van der Waals surface area contributed by atoms with E-state index in [0.29, 0.717) is 0 Å². The van der Waals surface area contributed by atoms with Gasteiger partial charge in [0.2, 0.25) is 0 Å². The summed E-state index contributed by atoms with van der Waals surface area (Å²) in [5.74, 6) is 0. The summed E-state index contributed by atoms with van der Waals surface area (Å²) in [5.41, 5.74) is 4.98. The second kappa shape index (κ2) is 4.70. The van der Waals surface area contributed by atoms with Crippen LogP contribution in [0.2, 0.25) is 0 Å². The molecule has 0 aliphatic carbocycles. The molecule has 2 unspecified atom stereocenters. The van der Waals surface area contributed by atoms with Crippen molar-refractivity contribution in [3.8, 4) is 0 Å². The molecular weight excluding hydrogens is 205 g/mol. The van der Waals surface area contributed by atoms with Gasteiger partial charge in [0.25, 0.3) is 0 Å². The quantitative estimate of drug-likeness (QED) is 0.799. The lowest BCUT2D eigenvalue weighted by Crippen LogP contribution is -2.54. The topological polar surface area (TPSA) is 29.3 Å². The van der Waals surface area contributed by atoms with Gasteiger partial charge in [0.05, 0.1) is 0 Å². The van der Waals surface area contributed by atoms with Crippen LogP contribution in [0.3, 0.4) is 0 Å². The molecule has 0 fully saturated rings. The van der Waals surface area contributed by atoms with Crippen LogP contribution in [0.25, 0.3) is 0 Å². The average molecular weight is 226 g/mol. The van der Waals surface area contributed by atoms with Crippen molar-refractivity contribution in [2.24, 2.45) is 11.1 Å². The Labute approximate surface area is 89.6 Å². The van der Waals surface area contributed by atoms with Gasteiger partial charge in [-0.15, -0.1) is 0 Å². The first-order valence-corrected chi connectivity index (χ1v) is 5.00. The van der Waals surface area contributed by atoms with Crippen molar-refractivity contribution in [2.45, 2.75) is 46.0 Å². The van der Waals surface area contributed by atoms with E-state index in [1.165, 1.54) is 11.9 Å². The third kappa shape index (κ3) is 3.99. The summed E-state index contributed by atoms with van der Waals surface area (Å²) in [4.78, 5) is 1.31. The summed E-state index contributed by atoms with van der Waals surface area (Å²) in [5, 5.41) is 0. The molecule has 0 aliphatic rings. The van der Waals surface area contributed by atoms with Crippen molar-refractivity contribution in [3.05, 3.63) is 0 Å². The molecule has 0 spiro atoms. The normalized spacial score (nSPS) is 18.0. The Morgan fingerprint density at radius 2 is 1.60 bits per heavy atom. The van der Waals surface area contributed by atoms with E-state index in [4.69, 9.17) is 5.73 Å². The Balaban J connectivity index is 4.74. The predicted octanol–water partition coefficient (Wildman–Crippen LogP) is 2.24. The number of alkyl halides is 3. The number of hydrogen-bond donors (Lipinski definition) is 1. The molecule has 0 aliphatic heterocycles. The Morgan fingerprint density at radius 3 is 1.80 bits per heavy atom. The van der Waals surface area contributed by atoms with E-state index < -0.39 is 18.8 Å². The van der Waals surface area contributed by atoms with Crippen molar-refractivity contribution in [2.75, 3.05) is 13.6 Å². The predicted molar refractivity (Wildman–Crippen MR) is 55.6 cm³/mol. The highest BCUT2D eigenvalue weighted by Crippen LogP contribution is 2.30. The molecule has 0 rings (SSSR count). The first-order chi connectivity index (χ1) is 6.51. The Hall–Kier alpha value is -0.290. The van der Waals surface area contributed by atoms with Gasteiger partial charge in [-0.2, -0.15) is 13.2 Å². The molecule has 2 atom stereocenters. The number of rotatable bonds is 3. The molecule has 15 heavy (non-hydrogen) atoms. The number of hydrogen-bond acceptors (Lipinski definition) is 2. The minimum atomic E-state index is -4.26. The molecule has 0 saturated carbocycles. The van der Waals surface area contributed by atoms with E-state index in [1.54, 1.807) is 6.92 Å². The van der Waals surface area contributed by atoms with Gasteiger partial charge in [-0.1, -0.05) is 20.8 Å². The molecule has 0 bridgehead atoms. The molecule has 0 saturated heterocycles. The number of nitrogens with two attached hydrogens (primary N) is 1. The maximum atomic E-state index is 12.6. The Bertz CT molecular complexity index is 196. The van der Waals surface area contributed by atoms with Crippen molar-refractivity contribution >= 4 is 0 Å². The smallest absolute Gasteiger partial charge is 0.329 e. The van der Waals surface area contributed by atoms with Crippen LogP contribution >= 0.6 is 0 Å². The monoisotopic (exact) mass is 226 g/mol. The van der Waals surface area contributed by atoms with Crippen LogP contribution in [0.1, 0.15) is 27.7 Å². The molecule has 0 aromatic rings. The third-order valence-corrected chi connectivity index (χ3v) is 2.96. The number of nitrogens with zero attached hydrogens (tertiary/aromatic N) is 1. The lowest BCUT2D eigenvalue weighted by Gasteiger charge is -2.40. The fourth-order valence-electron chi connectivity index (χ4n) is 1.41. The fraction of sp³-hybridized carbons (Fsp3) is 1.00. The minimum absolute atomic E-state index is 0.187. The summed E-state index contributed by atoms with van der Waals surface area (Å²) >= 11 is 0. The van der Waals surface area contributed by atoms with E-state index in [2.05, 4.69) is 0 Å². The summed E-state index contributed by atoms with van der Waals surface area (Å²) in [6, 6.07) is -1.75. The first-order valence-electron chi connectivity index (χ1n) is 5.00. The highest BCUT2D eigenvalue weighted by molar-refractivity contribution is 4.86. The summed E-state index contributed by atoms with van der Waals surface area (Å²) < 4.78 is 37.8. The molecule has 2 N–H and O–H groups in total. The van der Waals surface area contributed by atoms with E-state index in [-0.39, 0.29) is 11.5 Å². The van der Waals surface area contributed by atoms with Crippen LogP contribution in [0.4, 0.5) is 13.2 Å². The lowest BCUT2D eigenvalue weighted by atomic mass is 9.86. The average Bonchev–Trinajstić information content (AvgIpc) is 1.99. The zero-order chi connectivity index (χ0) is 12.4. The van der Waals surface area contributed by atoms with Gasteiger partial charge < -0.3 is 5.73 Å². The van der Waals surface area contributed by atoms with Gasteiger partial charge in [-0.3, -0.25) is 4.90 Å². The van der Waals surface area contributed by atoms with E-state index >= 15 is 0 Å². The van der Waals surface area contributed by atoms with Crippen molar-refractivity contribution < 1.29 is 13.2 Å². The van der Waals surface area contributed by atoms with Crippen molar-refractivity contribution in [1.82, 2.24) is 4.90 Å². The van der Waals surface area contributed by atoms with Crippen molar-refractivity contribution in [3.63, 3.8) is 0 Å². The largest absolute Gasteiger partial charge is 0.405 e. The molecule has 2 nitrogen and oxygen atoms in total. The summed E-state index contributed by atoms with van der Waals surface area (Å²) in [6.45, 7) is 7.13. The van der Waals surface area contributed by atoms with Gasteiger partial charge in [0.15, 0.2) is 0 Å². The summed E-state index contributed by atoms with van der Waals surface area (Å²) in [6.07, 6.45) is -4.26. The number of likely N-dealkylation sites (N-methyl/N-ethyl adjacent to an activating group) is 1. The van der Waals surface area contributed by atoms with Gasteiger partial charge >= 0.3 is 6.18 Å². The molecule has 5 heteroatoms. The zero-order valence-corrected chi connectivity index (χ0v) is 10.0. The highest BCUT2D eigenvalue weighted by atomic mass is 19.4. The molecular formula is C10H21F3N2. The van der Waals surface area contributed by atoms with E-state index in [1.807, 2.05) is 20.8 Å². The minimum Gasteiger partial charge on any atom is -0.329 e. The molecule has 0 aromatic heterocycles. The van der Waals surface area contributed by atoms with E-state index in [0.717, 1.165) is 0 Å². The second-order valence-corrected chi connectivity index (χ2v) is 5.00. The number of halogens is 3. The lowest BCUT2D eigenvalue weighted by molar-refractivity contribution is -0.186. The highest BCUT2D eigenvalue weighted by Gasteiger charge is 2.44. The molecule has 0 aromatic carbocycles. The maximum Gasteiger partial charge on any atom is 0.405 e. The van der Waals surface area contributed by atoms with Crippen LogP contribution in [0.5, 0.6) is 0 Å². The molecule has 0 amide bonds. The Morgan fingerprint density at radius 1 is 1.20 bits per heavy atom. The Kier molecular flexibility index (Phi) is 4.61. The van der Waals surface area contributed by atoms with Gasteiger partial charge in [-0.05, 0) is 19.4 Å². The summed E-state index contributed by atoms with van der Waals surface area (Å²) in [7, 11) is 1.47. The second-order valence-electron chi connectivity index (χ2n) is 5.00. The standard InChI is InChI=1S/C10H21F3N2/c1-7(9(2,3)4)15(5)8(6-14)10(11,12)13/h7-8H,6,14H2,1-5H3. The molecule has 0 heterocycles. The fourth-order valence-corrected chi connectivity index (χ4v) is 1.41. The van der Waals surface area contributed by atoms with Gasteiger partial charge in [-0.25, -0.2) is 0 Å². The van der Waals surface area contributed by atoms with Gasteiger partial charge in [0, 0.05) is 12.6 Å². The van der Waals surface area contributed by atoms with Crippen LogP contribution < -0.4 is 5.73 Å². The van der Waals surface area contributed by atoms with Crippen LogP contribution in [-0.2, 0) is 0 Å². The maximum absolute atomic E-state index is 12.6. The van der Waals surface area contributed by atoms with Gasteiger partial charge in [0.1, 0.15) is 6.04 Å². The van der Waals surface area contributed by atoms with Crippen LogP contribution in [0.15, 0.2) is 0 Å². The van der Waals surface area contributed by atoms with Crippen LogP contribution in [-0.4, -0.2) is 36.8 Å². The SMILES string of the molecule is CC(N(C)C(CN)C(F)(F)F)C(C)(C)C.